The number of nitrogens with one attached hydrogen (secondary N) is 3. The summed E-state index contributed by atoms with van der Waals surface area (Å²) in [6.07, 6.45) is -5.82. The van der Waals surface area contributed by atoms with E-state index in [-0.39, 0.29) is 44.6 Å². The zero-order chi connectivity index (χ0) is 29.9. The van der Waals surface area contributed by atoms with Crippen LogP contribution in [0.3, 0.4) is 0 Å². The molecule has 0 amide bonds. The van der Waals surface area contributed by atoms with Crippen molar-refractivity contribution in [3.8, 4) is 0 Å². The van der Waals surface area contributed by atoms with Crippen LogP contribution < -0.4 is 33.2 Å². The highest BCUT2D eigenvalue weighted by atomic mass is 19.1. The van der Waals surface area contributed by atoms with Crippen LogP contribution in [-0.2, 0) is 18.9 Å². The third kappa shape index (κ3) is 7.34. The van der Waals surface area contributed by atoms with Crippen LogP contribution in [0.4, 0.5) is 4.39 Å². The number of aliphatic hydroxyl groups is 4. The number of hydrogen-bond acceptors (Lipinski definition) is 14. The average molecular weight is 594 g/mol. The first-order chi connectivity index (χ1) is 19.4. The summed E-state index contributed by atoms with van der Waals surface area (Å²) < 4.78 is 36.5. The van der Waals surface area contributed by atoms with Crippen LogP contribution in [0.25, 0.3) is 0 Å². The second-order valence-corrected chi connectivity index (χ2v) is 11.9. The standard InChI is InChI=1S/C25H48FN7O8/c1-24(36)11-38-22(17(35)20(24)30-2)41-19-15(33-23(29)25(37)9-32-10-25)7-14(28)18(16(19)34)40-21-13(27)4-3-12(39-21)8-31-6-5-26/h12-22,30-32,34-37H,3-11,27-28H2,1-2H3,(H2,29,33)/t12-,13?,14-,15+,16?,17?,18?,19?,20+,21+,22+,24?/m0/s1. The molecule has 3 heterocycles. The quantitative estimate of drug-likeness (QED) is 0.0615. The van der Waals surface area contributed by atoms with Crippen LogP contribution in [0.2, 0.25) is 0 Å². The third-order valence-electron chi connectivity index (χ3n) is 8.47. The van der Waals surface area contributed by atoms with E-state index in [9.17, 15) is 24.8 Å². The minimum atomic E-state index is -1.39. The van der Waals surface area contributed by atoms with Crippen LogP contribution in [-0.4, -0.2) is 151 Å². The molecular formula is C25H48FN7O8. The highest BCUT2D eigenvalue weighted by molar-refractivity contribution is 5.90. The van der Waals surface area contributed by atoms with E-state index in [0.29, 0.717) is 19.4 Å². The molecule has 41 heavy (non-hydrogen) atoms. The number of alkyl halides is 1. The lowest BCUT2D eigenvalue weighted by Gasteiger charge is -2.48. The van der Waals surface area contributed by atoms with Crippen LogP contribution >= 0.6 is 0 Å². The Morgan fingerprint density at radius 1 is 1.10 bits per heavy atom. The van der Waals surface area contributed by atoms with Crippen LogP contribution in [0, 0.1) is 0 Å². The fourth-order valence-corrected chi connectivity index (χ4v) is 5.90. The number of likely N-dealkylation sites (N-methyl/N-ethyl adjacent to an activating group) is 1. The SMILES string of the molecule is CN[C@@H]1C(O)[C@@H](OC2C(O)C(O[C@H]3O[C@H](CNCCF)CCC3N)[C@@H](N)C[C@H]2N=C(N)C2(O)CNC2)OCC1(C)O. The maximum Gasteiger partial charge on any atom is 0.185 e. The number of aliphatic hydroxyl groups excluding tert-OH is 2. The normalized spacial score (nSPS) is 45.3. The van der Waals surface area contributed by atoms with Gasteiger partial charge in [0.25, 0.3) is 0 Å². The summed E-state index contributed by atoms with van der Waals surface area (Å²) in [5.41, 5.74) is 16.2. The van der Waals surface area contributed by atoms with E-state index in [4.69, 9.17) is 36.1 Å². The summed E-state index contributed by atoms with van der Waals surface area (Å²) in [6, 6.07) is -2.85. The molecule has 0 aromatic heterocycles. The van der Waals surface area contributed by atoms with Gasteiger partial charge >= 0.3 is 0 Å². The number of aliphatic imine (C=N–C) groups is 1. The van der Waals surface area contributed by atoms with E-state index in [1.165, 1.54) is 6.92 Å². The molecule has 0 aromatic rings. The lowest BCUT2D eigenvalue weighted by molar-refractivity contribution is -0.306. The van der Waals surface area contributed by atoms with Gasteiger partial charge in [0.05, 0.1) is 30.8 Å². The predicted molar refractivity (Wildman–Crippen MR) is 146 cm³/mol. The first-order valence-electron chi connectivity index (χ1n) is 14.3. The van der Waals surface area contributed by atoms with Crippen molar-refractivity contribution in [2.45, 2.75) is 105 Å². The summed E-state index contributed by atoms with van der Waals surface area (Å²) in [4.78, 5) is 4.51. The number of amidine groups is 1. The van der Waals surface area contributed by atoms with Gasteiger partial charge in [-0.3, -0.25) is 4.99 Å². The second kappa shape index (κ2) is 13.7. The first kappa shape index (κ1) is 32.8. The number of β-amino-alcohol motifs (C(OH)–C–C–N with tert-alkyl or cyclic N) is 1. The highest BCUT2D eigenvalue weighted by Gasteiger charge is 2.52. The number of rotatable bonds is 11. The zero-order valence-electron chi connectivity index (χ0n) is 23.7. The average Bonchev–Trinajstić information content (AvgIpc) is 2.90. The van der Waals surface area contributed by atoms with E-state index in [0.717, 1.165) is 0 Å². The molecule has 4 aliphatic rings. The van der Waals surface area contributed by atoms with E-state index in [1.807, 2.05) is 0 Å². The number of nitrogens with zero attached hydrogens (tertiary/aromatic N) is 1. The Morgan fingerprint density at radius 2 is 1.80 bits per heavy atom. The summed E-state index contributed by atoms with van der Waals surface area (Å²) in [7, 11) is 1.60. The number of hydrogen-bond donors (Lipinski definition) is 10. The molecule has 12 atom stereocenters. The zero-order valence-corrected chi connectivity index (χ0v) is 23.7. The van der Waals surface area contributed by atoms with Crippen molar-refractivity contribution in [2.75, 3.05) is 46.5 Å². The molecule has 3 saturated heterocycles. The topological polar surface area (TPSA) is 244 Å². The molecular weight excluding hydrogens is 545 g/mol. The van der Waals surface area contributed by atoms with E-state index >= 15 is 0 Å². The van der Waals surface area contributed by atoms with Crippen molar-refractivity contribution < 1.29 is 43.8 Å². The molecule has 4 rings (SSSR count). The summed E-state index contributed by atoms with van der Waals surface area (Å²) in [5.74, 6) is -0.0315. The molecule has 238 valence electrons. The van der Waals surface area contributed by atoms with E-state index < -0.39 is 79.0 Å². The van der Waals surface area contributed by atoms with E-state index in [1.54, 1.807) is 7.05 Å². The highest BCUT2D eigenvalue weighted by Crippen LogP contribution is 2.33. The predicted octanol–water partition coefficient (Wildman–Crippen LogP) is -4.64. The largest absolute Gasteiger partial charge is 0.388 e. The van der Waals surface area contributed by atoms with Gasteiger partial charge in [0.15, 0.2) is 12.6 Å². The third-order valence-corrected chi connectivity index (χ3v) is 8.47. The molecule has 0 spiro atoms. The van der Waals surface area contributed by atoms with Crippen molar-refractivity contribution in [2.24, 2.45) is 22.2 Å². The van der Waals surface area contributed by atoms with Gasteiger partial charge in [0, 0.05) is 32.2 Å². The minimum absolute atomic E-state index is 0.0315. The molecule has 6 unspecified atom stereocenters. The van der Waals surface area contributed by atoms with Gasteiger partial charge in [-0.05, 0) is 33.2 Å². The molecule has 1 aliphatic carbocycles. The van der Waals surface area contributed by atoms with Crippen LogP contribution in [0.5, 0.6) is 0 Å². The van der Waals surface area contributed by atoms with Crippen LogP contribution in [0.1, 0.15) is 26.2 Å². The molecule has 16 heteroatoms. The van der Waals surface area contributed by atoms with Gasteiger partial charge in [0.2, 0.25) is 0 Å². The smallest absolute Gasteiger partial charge is 0.185 e. The van der Waals surface area contributed by atoms with Crippen molar-refractivity contribution >= 4 is 5.84 Å². The van der Waals surface area contributed by atoms with Crippen molar-refractivity contribution in [1.82, 2.24) is 16.0 Å². The van der Waals surface area contributed by atoms with E-state index in [2.05, 4.69) is 20.9 Å². The van der Waals surface area contributed by atoms with Gasteiger partial charge in [-0.1, -0.05) is 0 Å². The summed E-state index contributed by atoms with van der Waals surface area (Å²) in [6.45, 7) is 1.96. The molecule has 0 radical (unpaired) electrons. The van der Waals surface area contributed by atoms with Gasteiger partial charge in [0.1, 0.15) is 48.1 Å². The molecule has 1 saturated carbocycles. The fraction of sp³-hybridized carbons (Fsp3) is 0.960. The molecule has 13 N–H and O–H groups in total. The number of nitrogens with two attached hydrogens (primary N) is 3. The van der Waals surface area contributed by atoms with Gasteiger partial charge in [-0.2, -0.15) is 0 Å². The number of ether oxygens (including phenoxy) is 4. The monoisotopic (exact) mass is 593 g/mol. The second-order valence-electron chi connectivity index (χ2n) is 11.9. The van der Waals surface area contributed by atoms with Gasteiger partial charge in [-0.25, -0.2) is 4.39 Å². The Bertz CT molecular complexity index is 887. The first-order valence-corrected chi connectivity index (χ1v) is 14.3. The molecule has 0 aromatic carbocycles. The Kier molecular flexibility index (Phi) is 10.9. The van der Waals surface area contributed by atoms with Gasteiger partial charge < -0.3 is 72.5 Å². The molecule has 4 fully saturated rings. The Hall–Kier alpha value is -1.12. The molecule has 0 bridgehead atoms. The Labute approximate surface area is 239 Å². The minimum Gasteiger partial charge on any atom is -0.388 e. The maximum atomic E-state index is 12.5. The fourth-order valence-electron chi connectivity index (χ4n) is 5.90. The van der Waals surface area contributed by atoms with Crippen molar-refractivity contribution in [3.63, 3.8) is 0 Å². The Morgan fingerprint density at radius 3 is 2.44 bits per heavy atom. The summed E-state index contributed by atoms with van der Waals surface area (Å²) >= 11 is 0. The lowest BCUT2D eigenvalue weighted by atomic mass is 9.83. The van der Waals surface area contributed by atoms with Crippen molar-refractivity contribution in [1.29, 1.82) is 0 Å². The van der Waals surface area contributed by atoms with Gasteiger partial charge in [-0.15, -0.1) is 0 Å². The van der Waals surface area contributed by atoms with Crippen LogP contribution in [0.15, 0.2) is 4.99 Å². The molecule has 3 aliphatic heterocycles. The Balaban J connectivity index is 1.53. The number of halogens is 1. The maximum absolute atomic E-state index is 12.5. The summed E-state index contributed by atoms with van der Waals surface area (Å²) in [5, 5.41) is 52.7. The molecule has 15 nitrogen and oxygen atoms in total. The van der Waals surface area contributed by atoms with Crippen molar-refractivity contribution in [3.05, 3.63) is 0 Å². The lowest BCUT2D eigenvalue weighted by Crippen LogP contribution is -2.69.